The minimum atomic E-state index is -4.67. The van der Waals surface area contributed by atoms with Crippen LogP contribution in [0.15, 0.2) is 29.3 Å². The first-order chi connectivity index (χ1) is 7.70. The smallest absolute Gasteiger partial charge is 0.370 e. The van der Waals surface area contributed by atoms with Gasteiger partial charge in [0.2, 0.25) is 0 Å². The zero-order valence-electron chi connectivity index (χ0n) is 8.62. The van der Waals surface area contributed by atoms with Crippen molar-refractivity contribution in [2.45, 2.75) is 6.54 Å². The van der Waals surface area contributed by atoms with Gasteiger partial charge in [-0.25, -0.2) is 4.99 Å². The van der Waals surface area contributed by atoms with Gasteiger partial charge in [0, 0.05) is 5.02 Å². The standard InChI is InChI=1S/C8H10ClN3.H2O4S/c9-7-4-2-1-3-6(7)5-12-8(10)11;1-5(2,3)4/h1-4H,5H2,(H4,10,11,12);(H2,1,2,3,4). The Balaban J connectivity index is 0.000000437. The molecule has 1 aromatic carbocycles. The van der Waals surface area contributed by atoms with Crippen LogP contribution in [-0.2, 0) is 16.9 Å². The number of nitrogens with zero attached hydrogens (tertiary/aromatic N) is 1. The molecular weight excluding hydrogens is 270 g/mol. The Hall–Kier alpha value is -1.35. The maximum atomic E-state index is 8.74. The number of hydrogen-bond donors (Lipinski definition) is 4. The van der Waals surface area contributed by atoms with Crippen molar-refractivity contribution in [1.82, 2.24) is 0 Å². The van der Waals surface area contributed by atoms with E-state index >= 15 is 0 Å². The van der Waals surface area contributed by atoms with E-state index in [1.165, 1.54) is 0 Å². The van der Waals surface area contributed by atoms with Gasteiger partial charge in [0.15, 0.2) is 5.96 Å². The first kappa shape index (κ1) is 15.7. The molecular formula is C8H12ClN3O4S. The van der Waals surface area contributed by atoms with Crippen LogP contribution in [0.1, 0.15) is 5.56 Å². The van der Waals surface area contributed by atoms with Crippen molar-refractivity contribution < 1.29 is 17.5 Å². The van der Waals surface area contributed by atoms with Gasteiger partial charge in [-0.15, -0.1) is 0 Å². The summed E-state index contributed by atoms with van der Waals surface area (Å²) in [7, 11) is -4.67. The summed E-state index contributed by atoms with van der Waals surface area (Å²) in [6.45, 7) is 0.433. The Morgan fingerprint density at radius 2 is 1.76 bits per heavy atom. The molecule has 0 aliphatic carbocycles. The maximum Gasteiger partial charge on any atom is 0.394 e. The van der Waals surface area contributed by atoms with E-state index in [0.717, 1.165) is 5.56 Å². The number of guanidine groups is 1. The van der Waals surface area contributed by atoms with Crippen molar-refractivity contribution in [3.8, 4) is 0 Å². The van der Waals surface area contributed by atoms with Crippen molar-refractivity contribution in [1.29, 1.82) is 0 Å². The van der Waals surface area contributed by atoms with E-state index in [-0.39, 0.29) is 5.96 Å². The van der Waals surface area contributed by atoms with Gasteiger partial charge >= 0.3 is 10.4 Å². The van der Waals surface area contributed by atoms with Gasteiger partial charge in [0.25, 0.3) is 0 Å². The van der Waals surface area contributed by atoms with E-state index in [1.807, 2.05) is 18.2 Å². The summed E-state index contributed by atoms with van der Waals surface area (Å²) in [4.78, 5) is 3.84. The molecule has 0 spiro atoms. The number of aliphatic imine (C=N–C) groups is 1. The van der Waals surface area contributed by atoms with Crippen molar-refractivity contribution in [2.75, 3.05) is 0 Å². The molecule has 1 rings (SSSR count). The number of halogens is 1. The highest BCUT2D eigenvalue weighted by atomic mass is 35.5. The minimum Gasteiger partial charge on any atom is -0.370 e. The molecule has 0 aliphatic rings. The fraction of sp³-hybridized carbons (Fsp3) is 0.125. The number of benzene rings is 1. The second kappa shape index (κ2) is 7.07. The van der Waals surface area contributed by atoms with Gasteiger partial charge in [-0.2, -0.15) is 8.42 Å². The zero-order valence-corrected chi connectivity index (χ0v) is 10.2. The molecule has 0 saturated heterocycles. The van der Waals surface area contributed by atoms with E-state index < -0.39 is 10.4 Å². The summed E-state index contributed by atoms with van der Waals surface area (Å²) >= 11 is 5.86. The average molecular weight is 282 g/mol. The molecule has 0 saturated carbocycles. The molecule has 17 heavy (non-hydrogen) atoms. The Morgan fingerprint density at radius 1 is 1.29 bits per heavy atom. The zero-order chi connectivity index (χ0) is 13.5. The Morgan fingerprint density at radius 3 is 2.18 bits per heavy atom. The second-order valence-electron chi connectivity index (χ2n) is 2.78. The molecule has 0 bridgehead atoms. The second-order valence-corrected chi connectivity index (χ2v) is 4.08. The molecule has 9 heteroatoms. The molecule has 0 aromatic heterocycles. The monoisotopic (exact) mass is 281 g/mol. The molecule has 0 fully saturated rings. The van der Waals surface area contributed by atoms with Gasteiger partial charge in [0.1, 0.15) is 0 Å². The molecule has 7 nitrogen and oxygen atoms in total. The lowest BCUT2D eigenvalue weighted by Crippen LogP contribution is -2.22. The molecule has 0 atom stereocenters. The Kier molecular flexibility index (Phi) is 6.51. The fourth-order valence-corrected chi connectivity index (χ4v) is 0.999. The predicted octanol–water partition coefficient (Wildman–Crippen LogP) is 0.461. The quantitative estimate of drug-likeness (QED) is 0.353. The number of rotatable bonds is 2. The highest BCUT2D eigenvalue weighted by molar-refractivity contribution is 7.79. The normalized spacial score (nSPS) is 10.1. The molecule has 0 heterocycles. The molecule has 1 aromatic rings. The van der Waals surface area contributed by atoms with Gasteiger partial charge in [0.05, 0.1) is 6.54 Å². The van der Waals surface area contributed by atoms with Crippen molar-refractivity contribution >= 4 is 28.0 Å². The lowest BCUT2D eigenvalue weighted by molar-refractivity contribution is 0.381. The lowest BCUT2D eigenvalue weighted by Gasteiger charge is -1.98. The molecule has 0 radical (unpaired) electrons. The summed E-state index contributed by atoms with van der Waals surface area (Å²) in [5.41, 5.74) is 11.3. The van der Waals surface area contributed by atoms with Gasteiger partial charge in [-0.05, 0) is 11.6 Å². The lowest BCUT2D eigenvalue weighted by atomic mass is 10.2. The molecule has 0 amide bonds. The van der Waals surface area contributed by atoms with Crippen LogP contribution < -0.4 is 11.5 Å². The third kappa shape index (κ3) is 10.9. The largest absolute Gasteiger partial charge is 0.394 e. The van der Waals surface area contributed by atoms with E-state index in [9.17, 15) is 0 Å². The van der Waals surface area contributed by atoms with Crippen LogP contribution in [0.4, 0.5) is 0 Å². The van der Waals surface area contributed by atoms with Crippen LogP contribution in [0.3, 0.4) is 0 Å². The molecule has 0 aliphatic heterocycles. The van der Waals surface area contributed by atoms with Crippen LogP contribution in [-0.4, -0.2) is 23.5 Å². The summed E-state index contributed by atoms with van der Waals surface area (Å²) in [6, 6.07) is 7.44. The van der Waals surface area contributed by atoms with E-state index in [0.29, 0.717) is 11.6 Å². The van der Waals surface area contributed by atoms with Crippen molar-refractivity contribution in [2.24, 2.45) is 16.5 Å². The van der Waals surface area contributed by atoms with Crippen LogP contribution in [0, 0.1) is 0 Å². The van der Waals surface area contributed by atoms with Crippen LogP contribution >= 0.6 is 11.6 Å². The van der Waals surface area contributed by atoms with E-state index in [1.54, 1.807) is 6.07 Å². The number of hydrogen-bond acceptors (Lipinski definition) is 3. The van der Waals surface area contributed by atoms with Crippen LogP contribution in [0.5, 0.6) is 0 Å². The Labute approximate surface area is 104 Å². The summed E-state index contributed by atoms with van der Waals surface area (Å²) in [6.07, 6.45) is 0. The molecule has 6 N–H and O–H groups in total. The topological polar surface area (TPSA) is 139 Å². The Bertz CT molecular complexity index is 477. The third-order valence-electron chi connectivity index (χ3n) is 1.39. The van der Waals surface area contributed by atoms with Crippen molar-refractivity contribution in [3.05, 3.63) is 34.9 Å². The number of nitrogens with two attached hydrogens (primary N) is 2. The van der Waals surface area contributed by atoms with Gasteiger partial charge < -0.3 is 11.5 Å². The predicted molar refractivity (Wildman–Crippen MR) is 65.1 cm³/mol. The SMILES string of the molecule is NC(N)=NCc1ccccc1Cl.O=S(=O)(O)O. The van der Waals surface area contributed by atoms with Gasteiger partial charge in [-0.1, -0.05) is 29.8 Å². The van der Waals surface area contributed by atoms with Crippen molar-refractivity contribution in [3.63, 3.8) is 0 Å². The maximum absolute atomic E-state index is 8.74. The first-order valence-corrected chi connectivity index (χ1v) is 5.96. The summed E-state index contributed by atoms with van der Waals surface area (Å²) in [5.74, 6) is 0.0786. The van der Waals surface area contributed by atoms with Crippen LogP contribution in [0.25, 0.3) is 0 Å². The van der Waals surface area contributed by atoms with Gasteiger partial charge in [-0.3, -0.25) is 9.11 Å². The highest BCUT2D eigenvalue weighted by Crippen LogP contribution is 2.15. The fourth-order valence-electron chi connectivity index (χ4n) is 0.803. The average Bonchev–Trinajstić information content (AvgIpc) is 2.13. The minimum absolute atomic E-state index is 0.0786. The highest BCUT2D eigenvalue weighted by Gasteiger charge is 1.95. The summed E-state index contributed by atoms with van der Waals surface area (Å²) < 4.78 is 31.6. The van der Waals surface area contributed by atoms with E-state index in [4.69, 9.17) is 40.6 Å². The third-order valence-corrected chi connectivity index (χ3v) is 1.76. The summed E-state index contributed by atoms with van der Waals surface area (Å²) in [5, 5.41) is 0.683. The van der Waals surface area contributed by atoms with E-state index in [2.05, 4.69) is 4.99 Å². The molecule has 96 valence electrons. The first-order valence-electron chi connectivity index (χ1n) is 4.19. The van der Waals surface area contributed by atoms with Crippen LogP contribution in [0.2, 0.25) is 5.02 Å². The molecule has 0 unspecified atom stereocenters.